The largest absolute Gasteiger partial charge is 0.282 e. The van der Waals surface area contributed by atoms with Gasteiger partial charge in [0.15, 0.2) is 0 Å². The lowest BCUT2D eigenvalue weighted by Gasteiger charge is -2.20. The molecule has 2 aromatic rings. The van der Waals surface area contributed by atoms with E-state index >= 15 is 0 Å². The standard InChI is InChI=1S/C15H22N6O2S/c1-11-6-14(19-18-11)15-9-16-13(8-17-15)7-12-4-5-21(10-12)24(22,23)20(2)3/h6,8-9,12H,4-5,7,10H2,1-3H3,(H,18,19)/t12-/m0/s1. The molecule has 9 heteroatoms. The van der Waals surface area contributed by atoms with Crippen LogP contribution >= 0.6 is 0 Å². The number of hydrogen-bond donors (Lipinski definition) is 1. The second kappa shape index (κ2) is 6.58. The first-order chi connectivity index (χ1) is 11.4. The van der Waals surface area contributed by atoms with Crippen LogP contribution < -0.4 is 0 Å². The monoisotopic (exact) mass is 350 g/mol. The molecule has 130 valence electrons. The molecule has 0 saturated carbocycles. The molecule has 0 bridgehead atoms. The minimum Gasteiger partial charge on any atom is -0.282 e. The summed E-state index contributed by atoms with van der Waals surface area (Å²) in [4.78, 5) is 8.87. The highest BCUT2D eigenvalue weighted by Crippen LogP contribution is 2.23. The van der Waals surface area contributed by atoms with E-state index in [-0.39, 0.29) is 5.92 Å². The molecule has 0 unspecified atom stereocenters. The zero-order valence-corrected chi connectivity index (χ0v) is 14.9. The second-order valence-electron chi connectivity index (χ2n) is 6.34. The highest BCUT2D eigenvalue weighted by atomic mass is 32.2. The van der Waals surface area contributed by atoms with Gasteiger partial charge in [0.05, 0.1) is 11.9 Å². The zero-order valence-electron chi connectivity index (χ0n) is 14.1. The molecule has 8 nitrogen and oxygen atoms in total. The summed E-state index contributed by atoms with van der Waals surface area (Å²) in [5, 5.41) is 7.05. The number of nitrogens with one attached hydrogen (secondary N) is 1. The number of aromatic nitrogens is 4. The number of aromatic amines is 1. The van der Waals surface area contributed by atoms with Gasteiger partial charge in [-0.2, -0.15) is 22.1 Å². The first kappa shape index (κ1) is 17.0. The van der Waals surface area contributed by atoms with Gasteiger partial charge < -0.3 is 0 Å². The maximum atomic E-state index is 12.1. The molecule has 0 amide bonds. The molecule has 2 aromatic heterocycles. The predicted octanol–water partition coefficient (Wildman–Crippen LogP) is 0.846. The average molecular weight is 350 g/mol. The van der Waals surface area contributed by atoms with E-state index in [0.29, 0.717) is 13.1 Å². The van der Waals surface area contributed by atoms with Gasteiger partial charge in [-0.1, -0.05) is 0 Å². The summed E-state index contributed by atoms with van der Waals surface area (Å²) in [6.45, 7) is 3.03. The second-order valence-corrected chi connectivity index (χ2v) is 8.48. The minimum absolute atomic E-state index is 0.271. The van der Waals surface area contributed by atoms with Gasteiger partial charge in [-0.05, 0) is 31.7 Å². The molecule has 1 N–H and O–H groups in total. The van der Waals surface area contributed by atoms with E-state index in [1.165, 1.54) is 8.61 Å². The average Bonchev–Trinajstić information content (AvgIpc) is 3.17. The Morgan fingerprint density at radius 1 is 1.29 bits per heavy atom. The number of H-pyrrole nitrogens is 1. The fourth-order valence-corrected chi connectivity index (χ4v) is 4.04. The number of hydrogen-bond acceptors (Lipinski definition) is 5. The predicted molar refractivity (Wildman–Crippen MR) is 90.3 cm³/mol. The Morgan fingerprint density at radius 2 is 2.08 bits per heavy atom. The van der Waals surface area contributed by atoms with E-state index in [1.807, 2.05) is 13.0 Å². The van der Waals surface area contributed by atoms with Crippen LogP contribution in [0.15, 0.2) is 18.5 Å². The van der Waals surface area contributed by atoms with Crippen molar-refractivity contribution in [3.8, 4) is 11.4 Å². The lowest BCUT2D eigenvalue weighted by molar-refractivity contribution is 0.409. The molecular weight excluding hydrogens is 328 g/mol. The van der Waals surface area contributed by atoms with E-state index in [4.69, 9.17) is 0 Å². The summed E-state index contributed by atoms with van der Waals surface area (Å²) in [5.41, 5.74) is 3.35. The molecular formula is C15H22N6O2S. The molecule has 0 spiro atoms. The van der Waals surface area contributed by atoms with Gasteiger partial charge in [0, 0.05) is 39.1 Å². The van der Waals surface area contributed by atoms with E-state index in [9.17, 15) is 8.42 Å². The van der Waals surface area contributed by atoms with Crippen LogP contribution in [0.2, 0.25) is 0 Å². The number of rotatable bonds is 5. The van der Waals surface area contributed by atoms with Crippen molar-refractivity contribution in [1.82, 2.24) is 28.8 Å². The molecule has 0 aromatic carbocycles. The van der Waals surface area contributed by atoms with Crippen LogP contribution in [0.25, 0.3) is 11.4 Å². The quantitative estimate of drug-likeness (QED) is 0.862. The van der Waals surface area contributed by atoms with Crippen molar-refractivity contribution >= 4 is 10.2 Å². The topological polar surface area (TPSA) is 95.1 Å². The van der Waals surface area contributed by atoms with Gasteiger partial charge in [-0.3, -0.25) is 15.1 Å². The van der Waals surface area contributed by atoms with E-state index in [1.54, 1.807) is 26.5 Å². The first-order valence-corrected chi connectivity index (χ1v) is 9.27. The summed E-state index contributed by atoms with van der Waals surface area (Å²) >= 11 is 0. The van der Waals surface area contributed by atoms with Gasteiger partial charge >= 0.3 is 0 Å². The number of aryl methyl sites for hydroxylation is 1. The highest BCUT2D eigenvalue weighted by molar-refractivity contribution is 7.86. The van der Waals surface area contributed by atoms with E-state index in [0.717, 1.165) is 35.6 Å². The molecule has 3 heterocycles. The third-order valence-electron chi connectivity index (χ3n) is 4.21. The Hall–Kier alpha value is -1.84. The summed E-state index contributed by atoms with van der Waals surface area (Å²) in [6.07, 6.45) is 5.04. The Kier molecular flexibility index (Phi) is 4.66. The molecule has 1 fully saturated rings. The van der Waals surface area contributed by atoms with Crippen molar-refractivity contribution in [2.75, 3.05) is 27.2 Å². The third-order valence-corrected chi connectivity index (χ3v) is 6.11. The van der Waals surface area contributed by atoms with Crippen molar-refractivity contribution in [3.05, 3.63) is 29.8 Å². The van der Waals surface area contributed by atoms with Crippen molar-refractivity contribution < 1.29 is 8.42 Å². The lowest BCUT2D eigenvalue weighted by Crippen LogP contribution is -2.38. The normalized spacial score (nSPS) is 19.2. The van der Waals surface area contributed by atoms with Crippen LogP contribution in [0.4, 0.5) is 0 Å². The first-order valence-electron chi connectivity index (χ1n) is 7.87. The number of nitrogens with zero attached hydrogens (tertiary/aromatic N) is 5. The highest BCUT2D eigenvalue weighted by Gasteiger charge is 2.32. The molecule has 3 rings (SSSR count). The Morgan fingerprint density at radius 3 is 2.67 bits per heavy atom. The molecule has 24 heavy (non-hydrogen) atoms. The van der Waals surface area contributed by atoms with Crippen molar-refractivity contribution in [3.63, 3.8) is 0 Å². The molecule has 0 aliphatic carbocycles. The van der Waals surface area contributed by atoms with Crippen LogP contribution in [-0.4, -0.2) is 64.4 Å². The van der Waals surface area contributed by atoms with Crippen LogP contribution in [0.1, 0.15) is 17.8 Å². The molecule has 1 saturated heterocycles. The summed E-state index contributed by atoms with van der Waals surface area (Å²) < 4.78 is 27.1. The summed E-state index contributed by atoms with van der Waals surface area (Å²) in [5.74, 6) is 0.271. The van der Waals surface area contributed by atoms with Gasteiger partial charge in [0.25, 0.3) is 10.2 Å². The Labute approximate surface area is 142 Å². The maximum absolute atomic E-state index is 12.1. The van der Waals surface area contributed by atoms with Crippen LogP contribution in [0.5, 0.6) is 0 Å². The van der Waals surface area contributed by atoms with Gasteiger partial charge in [0.2, 0.25) is 0 Å². The van der Waals surface area contributed by atoms with E-state index in [2.05, 4.69) is 20.2 Å². The fraction of sp³-hybridized carbons (Fsp3) is 0.533. The Balaban J connectivity index is 1.63. The van der Waals surface area contributed by atoms with E-state index < -0.39 is 10.2 Å². The van der Waals surface area contributed by atoms with Gasteiger partial charge in [-0.25, -0.2) is 0 Å². The van der Waals surface area contributed by atoms with Crippen molar-refractivity contribution in [1.29, 1.82) is 0 Å². The molecule has 1 atom stereocenters. The minimum atomic E-state index is -3.32. The summed E-state index contributed by atoms with van der Waals surface area (Å²) in [6, 6.07) is 1.92. The lowest BCUT2D eigenvalue weighted by atomic mass is 10.0. The molecule has 1 aliphatic heterocycles. The SMILES string of the molecule is Cc1cc(-c2cnc(C[C@@H]3CCN(S(=O)(=O)N(C)C)C3)cn2)n[nH]1. The smallest absolute Gasteiger partial charge is 0.281 e. The molecule has 1 aliphatic rings. The fourth-order valence-electron chi connectivity index (χ4n) is 2.84. The van der Waals surface area contributed by atoms with Gasteiger partial charge in [0.1, 0.15) is 11.4 Å². The van der Waals surface area contributed by atoms with Crippen molar-refractivity contribution in [2.45, 2.75) is 19.8 Å². The van der Waals surface area contributed by atoms with Crippen LogP contribution in [0.3, 0.4) is 0 Å². The van der Waals surface area contributed by atoms with Gasteiger partial charge in [-0.15, -0.1) is 0 Å². The van der Waals surface area contributed by atoms with Crippen molar-refractivity contribution in [2.24, 2.45) is 5.92 Å². The third kappa shape index (κ3) is 3.47. The zero-order chi connectivity index (χ0) is 17.3. The molecule has 0 radical (unpaired) electrons. The maximum Gasteiger partial charge on any atom is 0.281 e. The van der Waals surface area contributed by atoms with Crippen LogP contribution in [0, 0.1) is 12.8 Å². The van der Waals surface area contributed by atoms with Crippen LogP contribution in [-0.2, 0) is 16.6 Å². The Bertz CT molecular complexity index is 800. The summed E-state index contributed by atoms with van der Waals surface area (Å²) in [7, 11) is -0.205.